The van der Waals surface area contributed by atoms with E-state index in [9.17, 15) is 5.11 Å². The maximum absolute atomic E-state index is 10.7. The standard InChI is InChI=1S/C16H20BrNO2S/c1-9-4-5-11(7-13(9)20-3)12(8-18)15(19)14-6-10(2)16(17)21-14/h4-7,12,15,19H,8,18H2,1-3H3. The van der Waals surface area contributed by atoms with Crippen LogP contribution >= 0.6 is 27.3 Å². The number of hydrogen-bond acceptors (Lipinski definition) is 4. The molecule has 0 bridgehead atoms. The molecule has 1 heterocycles. The minimum Gasteiger partial charge on any atom is -0.496 e. The predicted molar refractivity (Wildman–Crippen MR) is 91.2 cm³/mol. The van der Waals surface area contributed by atoms with E-state index in [4.69, 9.17) is 10.5 Å². The van der Waals surface area contributed by atoms with Crippen LogP contribution in [0.25, 0.3) is 0 Å². The highest BCUT2D eigenvalue weighted by Gasteiger charge is 2.24. The SMILES string of the molecule is COc1cc(C(CN)C(O)c2cc(C)c(Br)s2)ccc1C. The zero-order valence-electron chi connectivity index (χ0n) is 12.4. The molecular weight excluding hydrogens is 350 g/mol. The van der Waals surface area contributed by atoms with Crippen molar-refractivity contribution in [2.24, 2.45) is 5.73 Å². The first-order valence-electron chi connectivity index (χ1n) is 6.76. The fraction of sp³-hybridized carbons (Fsp3) is 0.375. The minimum absolute atomic E-state index is 0.149. The molecule has 0 aliphatic heterocycles. The van der Waals surface area contributed by atoms with Crippen molar-refractivity contribution in [1.29, 1.82) is 0 Å². The summed E-state index contributed by atoms with van der Waals surface area (Å²) in [6, 6.07) is 7.98. The monoisotopic (exact) mass is 369 g/mol. The number of aliphatic hydroxyl groups is 1. The van der Waals surface area contributed by atoms with E-state index in [0.29, 0.717) is 6.54 Å². The van der Waals surface area contributed by atoms with Crippen molar-refractivity contribution >= 4 is 27.3 Å². The zero-order chi connectivity index (χ0) is 15.6. The van der Waals surface area contributed by atoms with Crippen molar-refractivity contribution in [3.05, 3.63) is 49.6 Å². The molecule has 21 heavy (non-hydrogen) atoms. The second kappa shape index (κ2) is 6.92. The van der Waals surface area contributed by atoms with Crippen molar-refractivity contribution in [3.63, 3.8) is 0 Å². The van der Waals surface area contributed by atoms with Crippen LogP contribution in [0.4, 0.5) is 0 Å². The van der Waals surface area contributed by atoms with Crippen LogP contribution in [0.2, 0.25) is 0 Å². The number of halogens is 1. The van der Waals surface area contributed by atoms with E-state index in [1.807, 2.05) is 38.1 Å². The summed E-state index contributed by atoms with van der Waals surface area (Å²) in [6.07, 6.45) is -0.614. The lowest BCUT2D eigenvalue weighted by Crippen LogP contribution is -2.19. The second-order valence-electron chi connectivity index (χ2n) is 5.12. The lowest BCUT2D eigenvalue weighted by Gasteiger charge is -2.22. The Morgan fingerprint density at radius 3 is 2.52 bits per heavy atom. The number of hydrogen-bond donors (Lipinski definition) is 2. The van der Waals surface area contributed by atoms with Crippen molar-refractivity contribution in [2.75, 3.05) is 13.7 Å². The normalized spacial score (nSPS) is 14.0. The van der Waals surface area contributed by atoms with Crippen LogP contribution < -0.4 is 10.5 Å². The summed E-state index contributed by atoms with van der Waals surface area (Å²) in [6.45, 7) is 4.39. The third kappa shape index (κ3) is 3.48. The molecule has 2 unspecified atom stereocenters. The number of ether oxygens (including phenoxy) is 1. The van der Waals surface area contributed by atoms with Crippen LogP contribution in [-0.4, -0.2) is 18.8 Å². The predicted octanol–water partition coefficient (Wildman–Crippen LogP) is 3.91. The third-order valence-electron chi connectivity index (χ3n) is 3.66. The lowest BCUT2D eigenvalue weighted by atomic mass is 9.91. The maximum atomic E-state index is 10.7. The van der Waals surface area contributed by atoms with Crippen LogP contribution in [-0.2, 0) is 0 Å². The largest absolute Gasteiger partial charge is 0.496 e. The third-order valence-corrected chi connectivity index (χ3v) is 5.87. The van der Waals surface area contributed by atoms with Gasteiger partial charge in [0.1, 0.15) is 5.75 Å². The van der Waals surface area contributed by atoms with Gasteiger partial charge in [-0.2, -0.15) is 0 Å². The van der Waals surface area contributed by atoms with E-state index < -0.39 is 6.10 Å². The second-order valence-corrected chi connectivity index (χ2v) is 7.52. The molecule has 1 aromatic heterocycles. The molecule has 0 saturated carbocycles. The summed E-state index contributed by atoms with van der Waals surface area (Å²) in [4.78, 5) is 0.925. The van der Waals surface area contributed by atoms with E-state index in [1.54, 1.807) is 18.4 Å². The van der Waals surface area contributed by atoms with E-state index in [1.165, 1.54) is 0 Å². The number of nitrogens with two attached hydrogens (primary N) is 1. The number of methoxy groups -OCH3 is 1. The molecule has 0 amide bonds. The molecule has 0 fully saturated rings. The van der Waals surface area contributed by atoms with Gasteiger partial charge in [-0.3, -0.25) is 0 Å². The average molecular weight is 370 g/mol. The molecule has 3 nitrogen and oxygen atoms in total. The molecule has 0 spiro atoms. The van der Waals surface area contributed by atoms with Gasteiger partial charge in [-0.25, -0.2) is 0 Å². The van der Waals surface area contributed by atoms with Gasteiger partial charge in [-0.05, 0) is 58.6 Å². The van der Waals surface area contributed by atoms with E-state index in [0.717, 1.165) is 31.1 Å². The van der Waals surface area contributed by atoms with Crippen molar-refractivity contribution in [3.8, 4) is 5.75 Å². The Labute approximate surface area is 137 Å². The van der Waals surface area contributed by atoms with E-state index >= 15 is 0 Å². The molecule has 2 atom stereocenters. The quantitative estimate of drug-likeness (QED) is 0.839. The average Bonchev–Trinajstić information content (AvgIpc) is 2.81. The van der Waals surface area contributed by atoms with Gasteiger partial charge in [0.25, 0.3) is 0 Å². The Morgan fingerprint density at radius 2 is 2.00 bits per heavy atom. The Kier molecular flexibility index (Phi) is 5.43. The van der Waals surface area contributed by atoms with Gasteiger partial charge in [0, 0.05) is 17.3 Å². The lowest BCUT2D eigenvalue weighted by molar-refractivity contribution is 0.151. The van der Waals surface area contributed by atoms with Gasteiger partial charge in [-0.1, -0.05) is 12.1 Å². The highest BCUT2D eigenvalue weighted by atomic mass is 79.9. The zero-order valence-corrected chi connectivity index (χ0v) is 14.8. The number of rotatable bonds is 5. The molecule has 0 aliphatic carbocycles. The Balaban J connectivity index is 2.34. The fourth-order valence-corrected chi connectivity index (χ4v) is 3.96. The highest BCUT2D eigenvalue weighted by Crippen LogP contribution is 2.38. The Morgan fingerprint density at radius 1 is 1.29 bits per heavy atom. The molecule has 0 aliphatic rings. The minimum atomic E-state index is -0.614. The summed E-state index contributed by atoms with van der Waals surface area (Å²) in [5.41, 5.74) is 9.11. The number of thiophene rings is 1. The Hall–Kier alpha value is -0.880. The first kappa shape index (κ1) is 16.5. The number of aryl methyl sites for hydroxylation is 2. The molecule has 114 valence electrons. The van der Waals surface area contributed by atoms with Crippen LogP contribution in [0, 0.1) is 13.8 Å². The highest BCUT2D eigenvalue weighted by molar-refractivity contribution is 9.11. The Bertz CT molecular complexity index is 607. The van der Waals surface area contributed by atoms with Gasteiger partial charge >= 0.3 is 0 Å². The van der Waals surface area contributed by atoms with Crippen LogP contribution in [0.5, 0.6) is 5.75 Å². The van der Waals surface area contributed by atoms with Crippen molar-refractivity contribution in [1.82, 2.24) is 0 Å². The van der Waals surface area contributed by atoms with E-state index in [2.05, 4.69) is 15.9 Å². The number of aliphatic hydroxyl groups excluding tert-OH is 1. The molecule has 2 aromatic rings. The van der Waals surface area contributed by atoms with E-state index in [-0.39, 0.29) is 5.92 Å². The fourth-order valence-electron chi connectivity index (χ4n) is 2.34. The smallest absolute Gasteiger partial charge is 0.122 e. The molecule has 3 N–H and O–H groups in total. The summed E-state index contributed by atoms with van der Waals surface area (Å²) >= 11 is 5.05. The molecule has 5 heteroatoms. The molecule has 2 rings (SSSR count). The molecule has 0 saturated heterocycles. The van der Waals surface area contributed by atoms with Gasteiger partial charge in [-0.15, -0.1) is 11.3 Å². The van der Waals surface area contributed by atoms with Crippen LogP contribution in [0.15, 0.2) is 28.1 Å². The summed E-state index contributed by atoms with van der Waals surface area (Å²) < 4.78 is 6.41. The summed E-state index contributed by atoms with van der Waals surface area (Å²) in [7, 11) is 1.65. The van der Waals surface area contributed by atoms with Gasteiger partial charge in [0.05, 0.1) is 17.0 Å². The molecule has 0 radical (unpaired) electrons. The maximum Gasteiger partial charge on any atom is 0.122 e. The van der Waals surface area contributed by atoms with Crippen LogP contribution in [0.3, 0.4) is 0 Å². The van der Waals surface area contributed by atoms with Gasteiger partial charge in [0.2, 0.25) is 0 Å². The summed E-state index contributed by atoms with van der Waals surface area (Å²) in [5, 5.41) is 10.7. The van der Waals surface area contributed by atoms with Crippen LogP contribution in [0.1, 0.15) is 33.6 Å². The van der Waals surface area contributed by atoms with Gasteiger partial charge in [0.15, 0.2) is 0 Å². The molecular formula is C16H20BrNO2S. The van der Waals surface area contributed by atoms with Crippen molar-refractivity contribution < 1.29 is 9.84 Å². The number of benzene rings is 1. The summed E-state index contributed by atoms with van der Waals surface area (Å²) in [5.74, 6) is 0.672. The van der Waals surface area contributed by atoms with Crippen molar-refractivity contribution in [2.45, 2.75) is 25.9 Å². The molecule has 1 aromatic carbocycles. The topological polar surface area (TPSA) is 55.5 Å². The first-order valence-corrected chi connectivity index (χ1v) is 8.37. The van der Waals surface area contributed by atoms with Gasteiger partial charge < -0.3 is 15.6 Å². The first-order chi connectivity index (χ1) is 9.97.